The lowest BCUT2D eigenvalue weighted by Gasteiger charge is -2.38. The highest BCUT2D eigenvalue weighted by Crippen LogP contribution is 2.59. The predicted octanol–water partition coefficient (Wildman–Crippen LogP) is 9.08. The van der Waals surface area contributed by atoms with Gasteiger partial charge in [-0.1, -0.05) is 106 Å². The van der Waals surface area contributed by atoms with Gasteiger partial charge in [-0.15, -0.1) is 0 Å². The van der Waals surface area contributed by atoms with Crippen LogP contribution in [0.1, 0.15) is 54.2 Å². The van der Waals surface area contributed by atoms with E-state index < -0.39 is 5.60 Å². The molecule has 0 N–H and O–H groups in total. The van der Waals surface area contributed by atoms with Gasteiger partial charge in [0.25, 0.3) is 0 Å². The molecular weight excluding hydrogens is 504 g/mol. The Morgan fingerprint density at radius 1 is 0.732 bits per heavy atom. The van der Waals surface area contributed by atoms with E-state index in [0.29, 0.717) is 11.5 Å². The van der Waals surface area contributed by atoms with Crippen LogP contribution in [0.2, 0.25) is 0 Å². The summed E-state index contributed by atoms with van der Waals surface area (Å²) in [5, 5.41) is 2.12. The number of rotatable bonds is 5. The van der Waals surface area contributed by atoms with Crippen LogP contribution < -0.4 is 14.2 Å². The number of fused-ring (bicyclic) bond motifs is 8. The molecule has 0 spiro atoms. The van der Waals surface area contributed by atoms with Crippen molar-refractivity contribution in [3.05, 3.63) is 130 Å². The molecule has 2 aliphatic rings. The molecule has 0 atom stereocenters. The smallest absolute Gasteiger partial charge is 0.178 e. The number of benzene rings is 5. The van der Waals surface area contributed by atoms with Crippen molar-refractivity contribution < 1.29 is 14.2 Å². The summed E-state index contributed by atoms with van der Waals surface area (Å²) in [7, 11) is 3.38. The second kappa shape index (κ2) is 9.27. The van der Waals surface area contributed by atoms with E-state index in [4.69, 9.17) is 14.2 Å². The summed E-state index contributed by atoms with van der Waals surface area (Å²) in [6, 6.07) is 32.1. The Labute approximate surface area is 242 Å². The average molecular weight is 539 g/mol. The first-order chi connectivity index (χ1) is 19.9. The molecule has 5 aromatic carbocycles. The zero-order valence-electron chi connectivity index (χ0n) is 24.2. The number of hydrogen-bond donors (Lipinski definition) is 0. The van der Waals surface area contributed by atoms with Crippen LogP contribution >= 0.6 is 0 Å². The summed E-state index contributed by atoms with van der Waals surface area (Å²) >= 11 is 0. The van der Waals surface area contributed by atoms with Crippen LogP contribution in [0.25, 0.3) is 28.0 Å². The van der Waals surface area contributed by atoms with Crippen LogP contribution in [0.4, 0.5) is 0 Å². The maximum absolute atomic E-state index is 7.36. The minimum absolute atomic E-state index is 0.214. The topological polar surface area (TPSA) is 27.7 Å². The number of hydrogen-bond acceptors (Lipinski definition) is 3. The highest BCUT2D eigenvalue weighted by molar-refractivity contribution is 6.09. The lowest BCUT2D eigenvalue weighted by Crippen LogP contribution is -2.35. The molecule has 204 valence electrons. The maximum Gasteiger partial charge on any atom is 0.178 e. The molecule has 3 nitrogen and oxygen atoms in total. The molecule has 0 amide bonds. The zero-order valence-corrected chi connectivity index (χ0v) is 24.2. The fourth-order valence-corrected chi connectivity index (χ4v) is 6.92. The van der Waals surface area contributed by atoms with Gasteiger partial charge in [0.1, 0.15) is 5.75 Å². The third kappa shape index (κ3) is 3.58. The quantitative estimate of drug-likeness (QED) is 0.223. The van der Waals surface area contributed by atoms with Gasteiger partial charge in [-0.05, 0) is 57.8 Å². The first-order valence-electron chi connectivity index (χ1n) is 14.3. The van der Waals surface area contributed by atoms with E-state index in [9.17, 15) is 0 Å². The third-order valence-corrected chi connectivity index (χ3v) is 9.01. The Bertz CT molecular complexity index is 1790. The van der Waals surface area contributed by atoms with Gasteiger partial charge in [0.15, 0.2) is 17.1 Å². The molecule has 0 bridgehead atoms. The fraction of sp³-hybridized carbons (Fsp3) is 0.211. The Hall–Kier alpha value is -4.50. The van der Waals surface area contributed by atoms with Gasteiger partial charge in [-0.2, -0.15) is 0 Å². The molecule has 0 saturated carbocycles. The van der Waals surface area contributed by atoms with Gasteiger partial charge >= 0.3 is 0 Å². The van der Waals surface area contributed by atoms with E-state index in [2.05, 4.69) is 112 Å². The summed E-state index contributed by atoms with van der Waals surface area (Å²) in [4.78, 5) is 0. The largest absolute Gasteiger partial charge is 0.493 e. The second-order valence-corrected chi connectivity index (χ2v) is 11.5. The molecule has 0 fully saturated rings. The molecule has 5 aromatic rings. The number of ether oxygens (including phenoxy) is 3. The number of methoxy groups -OCH3 is 2. The van der Waals surface area contributed by atoms with E-state index in [1.54, 1.807) is 14.2 Å². The van der Waals surface area contributed by atoms with Crippen molar-refractivity contribution in [1.29, 1.82) is 0 Å². The van der Waals surface area contributed by atoms with Crippen LogP contribution in [0, 0.1) is 0 Å². The van der Waals surface area contributed by atoms with E-state index in [1.807, 2.05) is 12.1 Å². The van der Waals surface area contributed by atoms with Gasteiger partial charge in [0, 0.05) is 27.5 Å². The summed E-state index contributed by atoms with van der Waals surface area (Å²) in [5.41, 5.74) is 8.82. The van der Waals surface area contributed by atoms with E-state index in [-0.39, 0.29) is 5.41 Å². The van der Waals surface area contributed by atoms with E-state index in [1.165, 1.54) is 27.8 Å². The van der Waals surface area contributed by atoms with Crippen molar-refractivity contribution in [3.63, 3.8) is 0 Å². The third-order valence-electron chi connectivity index (χ3n) is 9.01. The van der Waals surface area contributed by atoms with Crippen molar-refractivity contribution in [2.24, 2.45) is 0 Å². The SMILES string of the molecule is CCc1ccc2c(c1)C(C)(C)c1c3c(c4cc(OC)c(OC)cc4c1-2)OC(c1ccccc1)(c1ccccc1)C=C3. The molecule has 1 aliphatic heterocycles. The fourth-order valence-electron chi connectivity index (χ4n) is 6.92. The lowest BCUT2D eigenvalue weighted by molar-refractivity contribution is 0.163. The Morgan fingerprint density at radius 2 is 1.34 bits per heavy atom. The molecule has 41 heavy (non-hydrogen) atoms. The van der Waals surface area contributed by atoms with Crippen molar-refractivity contribution >= 4 is 16.8 Å². The maximum atomic E-state index is 7.36. The van der Waals surface area contributed by atoms with Crippen molar-refractivity contribution in [1.82, 2.24) is 0 Å². The Balaban J connectivity index is 1.60. The molecule has 7 rings (SSSR count). The van der Waals surface area contributed by atoms with Gasteiger partial charge in [0.05, 0.1) is 14.2 Å². The molecule has 0 aromatic heterocycles. The van der Waals surface area contributed by atoms with Crippen molar-refractivity contribution in [2.45, 2.75) is 38.2 Å². The minimum Gasteiger partial charge on any atom is -0.493 e. The molecule has 0 unspecified atom stereocenters. The van der Waals surface area contributed by atoms with E-state index >= 15 is 0 Å². The molecule has 0 radical (unpaired) electrons. The summed E-state index contributed by atoms with van der Waals surface area (Å²) < 4.78 is 19.0. The first-order valence-corrected chi connectivity index (χ1v) is 14.3. The highest BCUT2D eigenvalue weighted by Gasteiger charge is 2.44. The van der Waals surface area contributed by atoms with E-state index in [0.717, 1.165) is 39.6 Å². The van der Waals surface area contributed by atoms with Gasteiger partial charge in [-0.3, -0.25) is 0 Å². The molecule has 0 saturated heterocycles. The van der Waals surface area contributed by atoms with Gasteiger partial charge in [0.2, 0.25) is 0 Å². The average Bonchev–Trinajstić information content (AvgIpc) is 3.27. The predicted molar refractivity (Wildman–Crippen MR) is 167 cm³/mol. The summed E-state index contributed by atoms with van der Waals surface area (Å²) in [6.45, 7) is 6.90. The Morgan fingerprint density at radius 3 is 1.93 bits per heavy atom. The summed E-state index contributed by atoms with van der Waals surface area (Å²) in [6.07, 6.45) is 5.54. The van der Waals surface area contributed by atoms with Crippen LogP contribution in [0.15, 0.2) is 97.1 Å². The Kier molecular flexibility index (Phi) is 5.76. The zero-order chi connectivity index (χ0) is 28.4. The first kappa shape index (κ1) is 25.5. The normalized spacial score (nSPS) is 15.5. The molecule has 3 heteroatoms. The highest BCUT2D eigenvalue weighted by atomic mass is 16.5. The molecular formula is C38H34O3. The minimum atomic E-state index is -0.783. The van der Waals surface area contributed by atoms with Gasteiger partial charge < -0.3 is 14.2 Å². The van der Waals surface area contributed by atoms with Crippen molar-refractivity contribution in [3.8, 4) is 28.4 Å². The van der Waals surface area contributed by atoms with Gasteiger partial charge in [-0.25, -0.2) is 0 Å². The summed E-state index contributed by atoms with van der Waals surface area (Å²) in [5.74, 6) is 2.26. The van der Waals surface area contributed by atoms with Crippen molar-refractivity contribution in [2.75, 3.05) is 14.2 Å². The van der Waals surface area contributed by atoms with Crippen LogP contribution in [-0.2, 0) is 17.4 Å². The second-order valence-electron chi connectivity index (χ2n) is 11.5. The molecule has 1 heterocycles. The number of aryl methyl sites for hydroxylation is 1. The monoisotopic (exact) mass is 538 g/mol. The lowest BCUT2D eigenvalue weighted by atomic mass is 9.76. The van der Waals surface area contributed by atoms with Crippen LogP contribution in [0.5, 0.6) is 17.2 Å². The standard InChI is InChI=1S/C38H34O3/c1-6-24-17-18-27-31(21-24)37(2,3)35-28-19-20-38(25-13-9-7-10-14-25,26-15-11-8-12-16-26)41-36(28)30-23-33(40-5)32(39-4)22-29(30)34(27)35/h7-23H,6H2,1-5H3. The molecule has 1 aliphatic carbocycles. The van der Waals surface area contributed by atoms with Crippen LogP contribution in [-0.4, -0.2) is 14.2 Å². The van der Waals surface area contributed by atoms with Crippen LogP contribution in [0.3, 0.4) is 0 Å².